The van der Waals surface area contributed by atoms with Gasteiger partial charge >= 0.3 is 0 Å². The van der Waals surface area contributed by atoms with Crippen LogP contribution in [0.4, 0.5) is 0 Å². The smallest absolute Gasteiger partial charge is 0.0679 e. The molecule has 0 amide bonds. The van der Waals surface area contributed by atoms with Gasteiger partial charge < -0.3 is 10.0 Å². The van der Waals surface area contributed by atoms with Gasteiger partial charge in [0.15, 0.2) is 0 Å². The van der Waals surface area contributed by atoms with E-state index >= 15 is 0 Å². The molecule has 1 heterocycles. The second-order valence-electron chi connectivity index (χ2n) is 5.55. The summed E-state index contributed by atoms with van der Waals surface area (Å²) in [5, 5.41) is 9.23. The lowest BCUT2D eigenvalue weighted by atomic mass is 10.0. The van der Waals surface area contributed by atoms with E-state index in [1.807, 2.05) is 0 Å². The van der Waals surface area contributed by atoms with Crippen LogP contribution in [0.3, 0.4) is 0 Å². The van der Waals surface area contributed by atoms with Gasteiger partial charge in [0.25, 0.3) is 0 Å². The van der Waals surface area contributed by atoms with Gasteiger partial charge in [-0.1, -0.05) is 6.08 Å². The lowest BCUT2D eigenvalue weighted by Crippen LogP contribution is -2.32. The first kappa shape index (κ1) is 12.2. The maximum atomic E-state index is 9.23. The zero-order chi connectivity index (χ0) is 12.4. The highest BCUT2D eigenvalue weighted by Crippen LogP contribution is 2.28. The van der Waals surface area contributed by atoms with Crippen molar-refractivity contribution in [2.45, 2.75) is 31.7 Å². The van der Waals surface area contributed by atoms with E-state index in [0.29, 0.717) is 0 Å². The van der Waals surface area contributed by atoms with Crippen LogP contribution in [0.15, 0.2) is 23.4 Å². The average Bonchev–Trinajstić information content (AvgIpc) is 3.24. The highest BCUT2D eigenvalue weighted by molar-refractivity contribution is 5.33. The van der Waals surface area contributed by atoms with Crippen LogP contribution in [-0.2, 0) is 0 Å². The number of aliphatic hydroxyl groups is 1. The summed E-state index contributed by atoms with van der Waals surface area (Å²) < 4.78 is 0. The summed E-state index contributed by atoms with van der Waals surface area (Å²) in [5.41, 5.74) is 2.38. The Morgan fingerprint density at radius 1 is 1.17 bits per heavy atom. The van der Waals surface area contributed by atoms with Gasteiger partial charge in [-0.2, -0.15) is 0 Å². The molecule has 0 aromatic carbocycles. The van der Waals surface area contributed by atoms with E-state index in [2.05, 4.69) is 28.4 Å². The van der Waals surface area contributed by atoms with Crippen molar-refractivity contribution in [2.24, 2.45) is 0 Å². The Bertz CT molecular complexity index is 358. The molecule has 3 rings (SSSR count). The standard InChI is InChI=1S/C15H23N2O/c18-12-13-3-1-4-15(11-13)17-8-2-7-16(9-10-17)14-5-6-14/h3-4,11,14,18H,1-2,5-10,12H2. The van der Waals surface area contributed by atoms with Crippen molar-refractivity contribution in [2.75, 3.05) is 32.8 Å². The van der Waals surface area contributed by atoms with Crippen LogP contribution in [0, 0.1) is 6.42 Å². The Morgan fingerprint density at radius 2 is 2.06 bits per heavy atom. The molecule has 0 aromatic rings. The molecule has 3 nitrogen and oxygen atoms in total. The van der Waals surface area contributed by atoms with Crippen LogP contribution in [-0.4, -0.2) is 53.7 Å². The first-order chi connectivity index (χ1) is 8.86. The summed E-state index contributed by atoms with van der Waals surface area (Å²) in [4.78, 5) is 5.15. The van der Waals surface area contributed by atoms with Crippen LogP contribution >= 0.6 is 0 Å². The summed E-state index contributed by atoms with van der Waals surface area (Å²) in [5.74, 6) is 0. The fourth-order valence-electron chi connectivity index (χ4n) is 2.97. The van der Waals surface area contributed by atoms with Crippen LogP contribution in [0.1, 0.15) is 25.7 Å². The van der Waals surface area contributed by atoms with Crippen molar-refractivity contribution in [3.8, 4) is 0 Å². The zero-order valence-electron chi connectivity index (χ0n) is 11.0. The predicted octanol–water partition coefficient (Wildman–Crippen LogP) is 1.57. The van der Waals surface area contributed by atoms with E-state index in [4.69, 9.17) is 0 Å². The lowest BCUT2D eigenvalue weighted by molar-refractivity contribution is 0.269. The van der Waals surface area contributed by atoms with Gasteiger partial charge in [-0.15, -0.1) is 0 Å². The van der Waals surface area contributed by atoms with Crippen LogP contribution in [0.2, 0.25) is 0 Å². The molecule has 1 saturated heterocycles. The summed E-state index contributed by atoms with van der Waals surface area (Å²) in [7, 11) is 0. The Balaban J connectivity index is 1.62. The largest absolute Gasteiger partial charge is 0.392 e. The molecular weight excluding hydrogens is 224 g/mol. The van der Waals surface area contributed by atoms with E-state index in [0.717, 1.165) is 31.1 Å². The molecule has 1 radical (unpaired) electrons. The Kier molecular flexibility index (Phi) is 3.71. The van der Waals surface area contributed by atoms with Gasteiger partial charge in [-0.25, -0.2) is 0 Å². The average molecular weight is 247 g/mol. The van der Waals surface area contributed by atoms with Gasteiger partial charge in [-0.05, 0) is 37.3 Å². The quantitative estimate of drug-likeness (QED) is 0.820. The molecule has 1 aliphatic heterocycles. The third kappa shape index (κ3) is 2.78. The van der Waals surface area contributed by atoms with Gasteiger partial charge in [0.2, 0.25) is 0 Å². The first-order valence-electron chi connectivity index (χ1n) is 7.20. The Hall–Kier alpha value is -0.800. The molecule has 99 valence electrons. The molecular formula is C15H23N2O. The molecule has 18 heavy (non-hydrogen) atoms. The third-order valence-electron chi connectivity index (χ3n) is 4.18. The summed E-state index contributed by atoms with van der Waals surface area (Å²) in [6, 6.07) is 0.891. The predicted molar refractivity (Wildman–Crippen MR) is 73.0 cm³/mol. The molecule has 0 atom stereocenters. The van der Waals surface area contributed by atoms with Crippen LogP contribution in [0.5, 0.6) is 0 Å². The second kappa shape index (κ2) is 5.45. The number of nitrogens with zero attached hydrogens (tertiary/aromatic N) is 2. The summed E-state index contributed by atoms with van der Waals surface area (Å²) in [6.07, 6.45) is 11.6. The Labute approximate surface area is 110 Å². The Morgan fingerprint density at radius 3 is 2.83 bits per heavy atom. The van der Waals surface area contributed by atoms with Gasteiger partial charge in [-0.3, -0.25) is 4.90 Å². The van der Waals surface area contributed by atoms with E-state index in [1.54, 1.807) is 0 Å². The highest BCUT2D eigenvalue weighted by atomic mass is 16.3. The van der Waals surface area contributed by atoms with Crippen LogP contribution < -0.4 is 0 Å². The third-order valence-corrected chi connectivity index (χ3v) is 4.18. The maximum Gasteiger partial charge on any atom is 0.0679 e. The molecule has 0 spiro atoms. The first-order valence-corrected chi connectivity index (χ1v) is 7.20. The second-order valence-corrected chi connectivity index (χ2v) is 5.55. The molecule has 2 fully saturated rings. The van der Waals surface area contributed by atoms with Crippen molar-refractivity contribution in [3.63, 3.8) is 0 Å². The molecule has 3 aliphatic rings. The van der Waals surface area contributed by atoms with Crippen LogP contribution in [0.25, 0.3) is 0 Å². The van der Waals surface area contributed by atoms with E-state index in [-0.39, 0.29) is 6.61 Å². The normalized spacial score (nSPS) is 26.6. The van der Waals surface area contributed by atoms with Crippen molar-refractivity contribution in [1.82, 2.24) is 9.80 Å². The number of hydrogen-bond donors (Lipinski definition) is 1. The number of hydrogen-bond acceptors (Lipinski definition) is 3. The van der Waals surface area contributed by atoms with Crippen molar-refractivity contribution in [1.29, 1.82) is 0 Å². The van der Waals surface area contributed by atoms with Gasteiger partial charge in [0, 0.05) is 44.3 Å². The fourth-order valence-corrected chi connectivity index (χ4v) is 2.97. The fraction of sp³-hybridized carbons (Fsp3) is 0.667. The minimum atomic E-state index is 0.166. The van der Waals surface area contributed by atoms with Crippen molar-refractivity contribution < 1.29 is 5.11 Å². The SMILES string of the molecule is OCC1=CC[CH]C(N2CCCN(C3CC3)CC2)=C1. The minimum absolute atomic E-state index is 0.166. The lowest BCUT2D eigenvalue weighted by Gasteiger charge is -2.28. The number of rotatable bonds is 3. The van der Waals surface area contributed by atoms with E-state index in [9.17, 15) is 5.11 Å². The summed E-state index contributed by atoms with van der Waals surface area (Å²) >= 11 is 0. The molecule has 0 aromatic heterocycles. The minimum Gasteiger partial charge on any atom is -0.392 e. The molecule has 3 heteroatoms. The molecule has 1 N–H and O–H groups in total. The molecule has 0 unspecified atom stereocenters. The molecule has 2 aliphatic carbocycles. The number of allylic oxidation sites excluding steroid dienone is 2. The van der Waals surface area contributed by atoms with Gasteiger partial charge in [0.1, 0.15) is 0 Å². The van der Waals surface area contributed by atoms with E-state index in [1.165, 1.54) is 38.0 Å². The van der Waals surface area contributed by atoms with Crippen molar-refractivity contribution >= 4 is 0 Å². The monoisotopic (exact) mass is 247 g/mol. The zero-order valence-corrected chi connectivity index (χ0v) is 11.0. The summed E-state index contributed by atoms with van der Waals surface area (Å²) in [6.45, 7) is 4.92. The number of aliphatic hydroxyl groups excluding tert-OH is 1. The molecule has 0 bridgehead atoms. The highest BCUT2D eigenvalue weighted by Gasteiger charge is 2.30. The molecule has 1 saturated carbocycles. The van der Waals surface area contributed by atoms with Gasteiger partial charge in [0.05, 0.1) is 6.61 Å². The topological polar surface area (TPSA) is 26.7 Å². The maximum absolute atomic E-state index is 9.23. The van der Waals surface area contributed by atoms with E-state index < -0.39 is 0 Å². The van der Waals surface area contributed by atoms with Crippen molar-refractivity contribution in [3.05, 3.63) is 29.8 Å².